The first kappa shape index (κ1) is 20.3. The molecule has 0 unspecified atom stereocenters. The molecule has 0 saturated carbocycles. The first-order valence-corrected chi connectivity index (χ1v) is 9.81. The normalized spacial score (nSPS) is 15.5. The van der Waals surface area contributed by atoms with Crippen molar-refractivity contribution in [1.82, 2.24) is 5.32 Å². The summed E-state index contributed by atoms with van der Waals surface area (Å²) >= 11 is 0. The number of imide groups is 2. The molecular weight excluding hydrogens is 399 g/mol. The van der Waals surface area contributed by atoms with Crippen LogP contribution in [-0.4, -0.2) is 24.5 Å². The van der Waals surface area contributed by atoms with Gasteiger partial charge >= 0.3 is 6.03 Å². The number of hydrogen-bond donors (Lipinski definition) is 1. The summed E-state index contributed by atoms with van der Waals surface area (Å²) in [6.45, 7) is 2.42. The van der Waals surface area contributed by atoms with E-state index in [9.17, 15) is 18.8 Å². The Morgan fingerprint density at radius 3 is 2.52 bits per heavy atom. The highest BCUT2D eigenvalue weighted by Gasteiger charge is 2.38. The fourth-order valence-corrected chi connectivity index (χ4v) is 3.42. The number of amides is 4. The predicted molar refractivity (Wildman–Crippen MR) is 115 cm³/mol. The quantitative estimate of drug-likeness (QED) is 0.491. The molecule has 1 aliphatic heterocycles. The largest absolute Gasteiger partial charge is 0.493 e. The van der Waals surface area contributed by atoms with E-state index in [2.05, 4.69) is 5.32 Å². The number of ether oxygens (including phenoxy) is 1. The maximum absolute atomic E-state index is 14.3. The number of para-hydroxylation sites is 1. The second-order valence-corrected chi connectivity index (χ2v) is 6.96. The lowest BCUT2D eigenvalue weighted by Gasteiger charge is -2.26. The van der Waals surface area contributed by atoms with Crippen molar-refractivity contribution in [3.05, 3.63) is 77.6 Å². The number of carbonyl (C=O) groups is 3. The second kappa shape index (κ2) is 8.39. The van der Waals surface area contributed by atoms with Crippen molar-refractivity contribution in [2.75, 3.05) is 11.5 Å². The van der Waals surface area contributed by atoms with Crippen molar-refractivity contribution >= 4 is 40.4 Å². The smallest absolute Gasteiger partial charge is 0.336 e. The standard InChI is InChI=1S/C24H19FN2O4/c1-2-13-31-21-12-11-15-7-3-4-8-16(15)17(21)14-18-22(28)26-24(30)27(23(18)29)20-10-6-5-9-19(20)25/h3-12,14H,2,13H2,1H3,(H,26,28,30)/b18-14-. The molecule has 31 heavy (non-hydrogen) atoms. The molecule has 4 rings (SSSR count). The minimum absolute atomic E-state index is 0.233. The molecule has 0 aromatic heterocycles. The highest BCUT2D eigenvalue weighted by atomic mass is 19.1. The van der Waals surface area contributed by atoms with Gasteiger partial charge in [-0.2, -0.15) is 0 Å². The average Bonchev–Trinajstić information content (AvgIpc) is 2.76. The molecule has 1 heterocycles. The van der Waals surface area contributed by atoms with Gasteiger partial charge < -0.3 is 4.74 Å². The van der Waals surface area contributed by atoms with Gasteiger partial charge in [0.05, 0.1) is 12.3 Å². The summed E-state index contributed by atoms with van der Waals surface area (Å²) in [5.41, 5.74) is 0.0113. The van der Waals surface area contributed by atoms with Gasteiger partial charge in [0.1, 0.15) is 17.1 Å². The minimum Gasteiger partial charge on any atom is -0.493 e. The number of benzene rings is 3. The number of carbonyl (C=O) groups excluding carboxylic acids is 3. The number of hydrogen-bond acceptors (Lipinski definition) is 4. The summed E-state index contributed by atoms with van der Waals surface area (Å²) < 4.78 is 20.1. The number of nitrogens with zero attached hydrogens (tertiary/aromatic N) is 1. The number of barbiturate groups is 1. The Morgan fingerprint density at radius 2 is 1.74 bits per heavy atom. The highest BCUT2D eigenvalue weighted by Crippen LogP contribution is 2.32. The number of nitrogens with one attached hydrogen (secondary N) is 1. The van der Waals surface area contributed by atoms with Gasteiger partial charge in [-0.15, -0.1) is 0 Å². The topological polar surface area (TPSA) is 75.7 Å². The Balaban J connectivity index is 1.86. The molecule has 1 saturated heterocycles. The van der Waals surface area contributed by atoms with E-state index < -0.39 is 23.7 Å². The van der Waals surface area contributed by atoms with Gasteiger partial charge in [0.25, 0.3) is 11.8 Å². The summed E-state index contributed by atoms with van der Waals surface area (Å²) in [6.07, 6.45) is 2.17. The van der Waals surface area contributed by atoms with E-state index in [-0.39, 0.29) is 11.3 Å². The second-order valence-electron chi connectivity index (χ2n) is 6.96. The van der Waals surface area contributed by atoms with Crippen molar-refractivity contribution < 1.29 is 23.5 Å². The summed E-state index contributed by atoms with van der Waals surface area (Å²) in [7, 11) is 0. The Labute approximate surface area is 177 Å². The zero-order valence-corrected chi connectivity index (χ0v) is 16.7. The number of fused-ring (bicyclic) bond motifs is 1. The number of urea groups is 1. The van der Waals surface area contributed by atoms with Crippen molar-refractivity contribution in [3.8, 4) is 5.75 Å². The van der Waals surface area contributed by atoms with Crippen LogP contribution in [0.2, 0.25) is 0 Å². The fraction of sp³-hybridized carbons (Fsp3) is 0.125. The van der Waals surface area contributed by atoms with Gasteiger partial charge in [-0.05, 0) is 41.5 Å². The van der Waals surface area contributed by atoms with Gasteiger partial charge in [0.2, 0.25) is 0 Å². The van der Waals surface area contributed by atoms with E-state index in [0.717, 1.165) is 23.3 Å². The van der Waals surface area contributed by atoms with Crippen LogP contribution >= 0.6 is 0 Å². The number of halogens is 1. The molecule has 4 amide bonds. The van der Waals surface area contributed by atoms with Crippen LogP contribution in [0.3, 0.4) is 0 Å². The van der Waals surface area contributed by atoms with E-state index in [1.54, 1.807) is 6.07 Å². The molecule has 0 radical (unpaired) electrons. The average molecular weight is 418 g/mol. The molecule has 0 bridgehead atoms. The Morgan fingerprint density at radius 1 is 1.00 bits per heavy atom. The Kier molecular flexibility index (Phi) is 5.49. The maximum Gasteiger partial charge on any atom is 0.336 e. The van der Waals surface area contributed by atoms with Crippen molar-refractivity contribution in [1.29, 1.82) is 0 Å². The molecule has 0 atom stereocenters. The van der Waals surface area contributed by atoms with Gasteiger partial charge in [-0.1, -0.05) is 49.4 Å². The molecule has 3 aromatic carbocycles. The van der Waals surface area contributed by atoms with Crippen LogP contribution in [0.4, 0.5) is 14.9 Å². The number of rotatable bonds is 5. The van der Waals surface area contributed by atoms with Crippen LogP contribution in [0.1, 0.15) is 18.9 Å². The molecule has 0 aliphatic carbocycles. The summed E-state index contributed by atoms with van der Waals surface area (Å²) in [5.74, 6) is -2.01. The number of anilines is 1. The van der Waals surface area contributed by atoms with Gasteiger partial charge in [-0.25, -0.2) is 14.1 Å². The highest BCUT2D eigenvalue weighted by molar-refractivity contribution is 6.39. The molecule has 1 fully saturated rings. The maximum atomic E-state index is 14.3. The Hall–Kier alpha value is -4.00. The SMILES string of the molecule is CCCOc1ccc2ccccc2c1/C=C1/C(=O)NC(=O)N(c2ccccc2F)C1=O. The zero-order valence-electron chi connectivity index (χ0n) is 16.7. The summed E-state index contributed by atoms with van der Waals surface area (Å²) in [6, 6.07) is 15.5. The van der Waals surface area contributed by atoms with Crippen LogP contribution < -0.4 is 15.0 Å². The lowest BCUT2D eigenvalue weighted by Crippen LogP contribution is -2.54. The van der Waals surface area contributed by atoms with E-state index >= 15 is 0 Å². The van der Waals surface area contributed by atoms with Crippen molar-refractivity contribution in [2.45, 2.75) is 13.3 Å². The van der Waals surface area contributed by atoms with E-state index in [1.807, 2.05) is 37.3 Å². The lowest BCUT2D eigenvalue weighted by molar-refractivity contribution is -0.122. The third-order valence-corrected chi connectivity index (χ3v) is 4.88. The molecular formula is C24H19FN2O4. The summed E-state index contributed by atoms with van der Waals surface area (Å²) in [4.78, 5) is 38.7. The molecule has 7 heteroatoms. The van der Waals surface area contributed by atoms with Crippen LogP contribution in [0.15, 0.2) is 66.2 Å². The molecule has 1 N–H and O–H groups in total. The van der Waals surface area contributed by atoms with Crippen molar-refractivity contribution in [3.63, 3.8) is 0 Å². The molecule has 156 valence electrons. The van der Waals surface area contributed by atoms with Crippen LogP contribution in [0, 0.1) is 5.82 Å². The van der Waals surface area contributed by atoms with Gasteiger partial charge in [0.15, 0.2) is 0 Å². The zero-order chi connectivity index (χ0) is 22.0. The fourth-order valence-electron chi connectivity index (χ4n) is 3.42. The minimum atomic E-state index is -1.00. The van der Waals surface area contributed by atoms with E-state index in [0.29, 0.717) is 22.8 Å². The van der Waals surface area contributed by atoms with E-state index in [1.165, 1.54) is 24.3 Å². The summed E-state index contributed by atoms with van der Waals surface area (Å²) in [5, 5.41) is 3.79. The molecule has 3 aromatic rings. The monoisotopic (exact) mass is 418 g/mol. The first-order valence-electron chi connectivity index (χ1n) is 9.81. The molecule has 0 spiro atoms. The predicted octanol–water partition coefficient (Wildman–Crippen LogP) is 4.43. The van der Waals surface area contributed by atoms with Crippen LogP contribution in [0.5, 0.6) is 5.75 Å². The third-order valence-electron chi connectivity index (χ3n) is 4.88. The Bertz CT molecular complexity index is 1240. The van der Waals surface area contributed by atoms with Gasteiger partial charge in [0, 0.05) is 5.56 Å². The van der Waals surface area contributed by atoms with Gasteiger partial charge in [-0.3, -0.25) is 14.9 Å². The van der Waals surface area contributed by atoms with E-state index in [4.69, 9.17) is 4.74 Å². The first-order chi connectivity index (χ1) is 15.0. The van der Waals surface area contributed by atoms with Crippen LogP contribution in [0.25, 0.3) is 16.8 Å². The molecule has 1 aliphatic rings. The van der Waals surface area contributed by atoms with Crippen molar-refractivity contribution in [2.24, 2.45) is 0 Å². The third kappa shape index (κ3) is 3.77. The lowest BCUT2D eigenvalue weighted by atomic mass is 9.99. The molecule has 6 nitrogen and oxygen atoms in total. The van der Waals surface area contributed by atoms with Crippen LogP contribution in [-0.2, 0) is 9.59 Å².